The number of anilines is 3. The Labute approximate surface area is 153 Å². The molecule has 3 aromatic rings. The third kappa shape index (κ3) is 4.42. The monoisotopic (exact) mass is 370 g/mol. The number of para-hydroxylation sites is 1. The van der Waals surface area contributed by atoms with Crippen molar-refractivity contribution in [1.29, 1.82) is 0 Å². The molecular formula is C18H15FN4O2S. The van der Waals surface area contributed by atoms with E-state index in [-0.39, 0.29) is 11.7 Å². The molecule has 0 radical (unpaired) electrons. The molecule has 6 nitrogen and oxygen atoms in total. The fourth-order valence-corrected chi connectivity index (χ4v) is 3.02. The number of aromatic nitrogens is 1. The number of halogens is 1. The van der Waals surface area contributed by atoms with E-state index in [0.717, 1.165) is 11.3 Å². The van der Waals surface area contributed by atoms with Crippen molar-refractivity contribution in [1.82, 2.24) is 4.98 Å². The van der Waals surface area contributed by atoms with Gasteiger partial charge in [-0.05, 0) is 43.3 Å². The molecule has 0 bridgehead atoms. The summed E-state index contributed by atoms with van der Waals surface area (Å²) in [4.78, 5) is 28.9. The van der Waals surface area contributed by atoms with Crippen molar-refractivity contribution in [3.05, 3.63) is 71.0 Å². The van der Waals surface area contributed by atoms with Crippen LogP contribution >= 0.6 is 11.3 Å². The number of aryl methyl sites for hydroxylation is 1. The number of hydrogen-bond donors (Lipinski definition) is 3. The maximum atomic E-state index is 12.9. The zero-order valence-electron chi connectivity index (χ0n) is 13.7. The van der Waals surface area contributed by atoms with Crippen molar-refractivity contribution >= 4 is 39.8 Å². The summed E-state index contributed by atoms with van der Waals surface area (Å²) in [5.41, 5.74) is 1.61. The first kappa shape index (κ1) is 17.6. The smallest absolute Gasteiger partial charge is 0.321 e. The molecule has 8 heteroatoms. The van der Waals surface area contributed by atoms with Crippen LogP contribution in [0.5, 0.6) is 0 Å². The minimum absolute atomic E-state index is 0.306. The van der Waals surface area contributed by atoms with Gasteiger partial charge in [0.1, 0.15) is 10.7 Å². The van der Waals surface area contributed by atoms with Gasteiger partial charge in [-0.1, -0.05) is 29.5 Å². The molecule has 0 unspecified atom stereocenters. The summed E-state index contributed by atoms with van der Waals surface area (Å²) in [6, 6.07) is 14.0. The fourth-order valence-electron chi connectivity index (χ4n) is 2.16. The van der Waals surface area contributed by atoms with Gasteiger partial charge in [-0.3, -0.25) is 10.1 Å². The Bertz CT molecular complexity index is 926. The van der Waals surface area contributed by atoms with Crippen molar-refractivity contribution in [2.24, 2.45) is 0 Å². The Hall–Kier alpha value is -3.26. The molecule has 132 valence electrons. The van der Waals surface area contributed by atoms with Crippen LogP contribution in [-0.2, 0) is 0 Å². The lowest BCUT2D eigenvalue weighted by atomic mass is 10.3. The first-order valence-electron chi connectivity index (χ1n) is 7.68. The molecule has 0 spiro atoms. The second-order valence-corrected chi connectivity index (χ2v) is 6.34. The van der Waals surface area contributed by atoms with Gasteiger partial charge >= 0.3 is 6.03 Å². The number of thiazole rings is 1. The average molecular weight is 370 g/mol. The molecule has 0 saturated carbocycles. The first-order chi connectivity index (χ1) is 12.5. The molecule has 1 heterocycles. The van der Waals surface area contributed by atoms with Crippen molar-refractivity contribution in [3.63, 3.8) is 0 Å². The molecule has 3 rings (SSSR count). The third-order valence-electron chi connectivity index (χ3n) is 3.36. The van der Waals surface area contributed by atoms with E-state index in [1.165, 1.54) is 24.3 Å². The highest BCUT2D eigenvalue weighted by atomic mass is 32.1. The van der Waals surface area contributed by atoms with E-state index in [9.17, 15) is 14.0 Å². The van der Waals surface area contributed by atoms with E-state index in [2.05, 4.69) is 20.9 Å². The van der Waals surface area contributed by atoms with Gasteiger partial charge in [-0.2, -0.15) is 0 Å². The second-order valence-electron chi connectivity index (χ2n) is 5.34. The largest absolute Gasteiger partial charge is 0.325 e. The van der Waals surface area contributed by atoms with E-state index in [4.69, 9.17) is 0 Å². The highest BCUT2D eigenvalue weighted by molar-refractivity contribution is 7.17. The molecule has 3 N–H and O–H groups in total. The molecule has 26 heavy (non-hydrogen) atoms. The number of carbonyl (C=O) groups excluding carboxylic acids is 2. The number of amides is 3. The minimum Gasteiger partial charge on any atom is -0.321 e. The van der Waals surface area contributed by atoms with E-state index in [0.29, 0.717) is 27.1 Å². The molecular weight excluding hydrogens is 355 g/mol. The molecule has 0 atom stereocenters. The summed E-state index contributed by atoms with van der Waals surface area (Å²) >= 11 is 1.06. The second kappa shape index (κ2) is 7.75. The van der Waals surface area contributed by atoms with Crippen LogP contribution in [0.4, 0.5) is 25.7 Å². The van der Waals surface area contributed by atoms with Crippen molar-refractivity contribution in [2.75, 3.05) is 16.0 Å². The highest BCUT2D eigenvalue weighted by Crippen LogP contribution is 2.24. The normalized spacial score (nSPS) is 10.2. The lowest BCUT2D eigenvalue weighted by molar-refractivity contribution is 0.102. The van der Waals surface area contributed by atoms with Gasteiger partial charge in [0, 0.05) is 11.4 Å². The van der Waals surface area contributed by atoms with Gasteiger partial charge in [0.2, 0.25) is 0 Å². The third-order valence-corrected chi connectivity index (χ3v) is 4.43. The minimum atomic E-state index is -0.449. The number of hydrogen-bond acceptors (Lipinski definition) is 4. The van der Waals surface area contributed by atoms with Crippen LogP contribution in [0.25, 0.3) is 0 Å². The number of carbonyl (C=O) groups is 2. The zero-order valence-corrected chi connectivity index (χ0v) is 14.6. The Morgan fingerprint density at radius 2 is 1.58 bits per heavy atom. The average Bonchev–Trinajstić information content (AvgIpc) is 2.98. The Morgan fingerprint density at radius 3 is 2.27 bits per heavy atom. The van der Waals surface area contributed by atoms with Crippen molar-refractivity contribution in [2.45, 2.75) is 6.92 Å². The number of nitrogens with one attached hydrogen (secondary N) is 3. The number of benzene rings is 2. The van der Waals surface area contributed by atoms with Crippen LogP contribution in [0, 0.1) is 12.7 Å². The number of rotatable bonds is 4. The van der Waals surface area contributed by atoms with Gasteiger partial charge in [0.25, 0.3) is 5.91 Å². The predicted octanol–water partition coefficient (Wildman–Crippen LogP) is 4.49. The topological polar surface area (TPSA) is 83.1 Å². The Kier molecular flexibility index (Phi) is 5.23. The molecule has 0 saturated heterocycles. The lowest BCUT2D eigenvalue weighted by Gasteiger charge is -2.04. The SMILES string of the molecule is Cc1nc(NC(=O)Nc2ccccc2)sc1C(=O)Nc1ccc(F)cc1. The quantitative estimate of drug-likeness (QED) is 0.633. The Balaban J connectivity index is 1.65. The van der Waals surface area contributed by atoms with Crippen LogP contribution in [0.2, 0.25) is 0 Å². The summed E-state index contributed by atoms with van der Waals surface area (Å²) in [5.74, 6) is -0.754. The van der Waals surface area contributed by atoms with Crippen LogP contribution < -0.4 is 16.0 Å². The van der Waals surface area contributed by atoms with Crippen LogP contribution in [-0.4, -0.2) is 16.9 Å². The summed E-state index contributed by atoms with van der Waals surface area (Å²) in [6.45, 7) is 1.68. The summed E-state index contributed by atoms with van der Waals surface area (Å²) in [5, 5.41) is 8.25. The lowest BCUT2D eigenvalue weighted by Crippen LogP contribution is -2.19. The van der Waals surface area contributed by atoms with Crippen molar-refractivity contribution < 1.29 is 14.0 Å². The predicted molar refractivity (Wildman–Crippen MR) is 100 cm³/mol. The van der Waals surface area contributed by atoms with E-state index in [1.54, 1.807) is 31.2 Å². The number of nitrogens with zero attached hydrogens (tertiary/aromatic N) is 1. The van der Waals surface area contributed by atoms with Crippen LogP contribution in [0.1, 0.15) is 15.4 Å². The van der Waals surface area contributed by atoms with Crippen LogP contribution in [0.3, 0.4) is 0 Å². The summed E-state index contributed by atoms with van der Waals surface area (Å²) in [6.07, 6.45) is 0. The molecule has 1 aromatic heterocycles. The molecule has 2 aromatic carbocycles. The highest BCUT2D eigenvalue weighted by Gasteiger charge is 2.17. The zero-order chi connectivity index (χ0) is 18.5. The fraction of sp³-hybridized carbons (Fsp3) is 0.0556. The first-order valence-corrected chi connectivity index (χ1v) is 8.50. The van der Waals surface area contributed by atoms with Gasteiger partial charge < -0.3 is 10.6 Å². The number of urea groups is 1. The maximum Gasteiger partial charge on any atom is 0.325 e. The maximum absolute atomic E-state index is 12.9. The van der Waals surface area contributed by atoms with Crippen LogP contribution in [0.15, 0.2) is 54.6 Å². The molecule has 3 amide bonds. The molecule has 0 fully saturated rings. The van der Waals surface area contributed by atoms with E-state index < -0.39 is 6.03 Å². The van der Waals surface area contributed by atoms with Gasteiger partial charge in [-0.25, -0.2) is 14.2 Å². The summed E-state index contributed by atoms with van der Waals surface area (Å²) in [7, 11) is 0. The van der Waals surface area contributed by atoms with Gasteiger partial charge in [-0.15, -0.1) is 0 Å². The van der Waals surface area contributed by atoms with Gasteiger partial charge in [0.15, 0.2) is 5.13 Å². The standard InChI is InChI=1S/C18H15FN4O2S/c1-11-15(16(24)21-14-9-7-12(19)8-10-14)26-18(20-11)23-17(25)22-13-5-3-2-4-6-13/h2-10H,1H3,(H,21,24)(H2,20,22,23,25). The summed E-state index contributed by atoms with van der Waals surface area (Å²) < 4.78 is 12.9. The van der Waals surface area contributed by atoms with E-state index >= 15 is 0 Å². The Morgan fingerprint density at radius 1 is 0.923 bits per heavy atom. The van der Waals surface area contributed by atoms with Crippen molar-refractivity contribution in [3.8, 4) is 0 Å². The molecule has 0 aliphatic rings. The van der Waals surface area contributed by atoms with E-state index in [1.807, 2.05) is 6.07 Å². The molecule has 0 aliphatic carbocycles. The van der Waals surface area contributed by atoms with Gasteiger partial charge in [0.05, 0.1) is 5.69 Å². The molecule has 0 aliphatic heterocycles.